The molecule has 1 N–H and O–H groups in total. The van der Waals surface area contributed by atoms with Crippen LogP contribution in [-0.4, -0.2) is 13.6 Å². The zero-order chi connectivity index (χ0) is 18.2. The average Bonchev–Trinajstić information content (AvgIpc) is 2.96. The number of aromatic nitrogens is 1. The Morgan fingerprint density at radius 1 is 0.920 bits per heavy atom. The normalized spacial score (nSPS) is 11.5. The Morgan fingerprint density at radius 3 is 2.28 bits per heavy atom. The number of benzene rings is 2. The Bertz CT molecular complexity index is 1040. The molecule has 25 heavy (non-hydrogen) atoms. The molecule has 0 unspecified atom stereocenters. The molecule has 1 aromatic heterocycles. The van der Waals surface area contributed by atoms with E-state index in [2.05, 4.69) is 9.88 Å². The molecular formula is C19H20N2O3S. The second-order valence-electron chi connectivity index (χ2n) is 6.24. The summed E-state index contributed by atoms with van der Waals surface area (Å²) in [5.74, 6) is 0.617. The molecule has 6 heteroatoms. The molecule has 0 atom stereocenters. The summed E-state index contributed by atoms with van der Waals surface area (Å²) in [5.41, 5.74) is 4.77. The van der Waals surface area contributed by atoms with E-state index in [0.717, 1.165) is 22.4 Å². The van der Waals surface area contributed by atoms with E-state index in [1.54, 1.807) is 31.2 Å². The number of anilines is 1. The molecule has 130 valence electrons. The molecule has 0 amide bonds. The molecule has 2 aromatic carbocycles. The van der Waals surface area contributed by atoms with Gasteiger partial charge in [-0.05, 0) is 63.1 Å². The minimum atomic E-state index is -3.67. The third-order valence-electron chi connectivity index (χ3n) is 4.00. The van der Waals surface area contributed by atoms with Gasteiger partial charge in [-0.25, -0.2) is 8.42 Å². The number of rotatable bonds is 4. The SMILES string of the molecule is Cc1ccc(NS(=O)(=O)c2ccc(-c3cc(C)no3)cc2C)c(C)c1. The second-order valence-corrected chi connectivity index (χ2v) is 7.89. The molecular weight excluding hydrogens is 336 g/mol. The van der Waals surface area contributed by atoms with Gasteiger partial charge in [0.25, 0.3) is 10.0 Å². The molecule has 0 spiro atoms. The van der Waals surface area contributed by atoms with E-state index in [1.165, 1.54) is 0 Å². The van der Waals surface area contributed by atoms with Crippen LogP contribution < -0.4 is 4.72 Å². The van der Waals surface area contributed by atoms with Gasteiger partial charge in [-0.1, -0.05) is 22.9 Å². The van der Waals surface area contributed by atoms with E-state index >= 15 is 0 Å². The van der Waals surface area contributed by atoms with Crippen LogP contribution in [0.5, 0.6) is 0 Å². The number of hydrogen-bond acceptors (Lipinski definition) is 4. The van der Waals surface area contributed by atoms with Crippen molar-refractivity contribution in [2.75, 3.05) is 4.72 Å². The minimum Gasteiger partial charge on any atom is -0.356 e. The fourth-order valence-corrected chi connectivity index (χ4v) is 4.09. The molecule has 0 saturated heterocycles. The maximum absolute atomic E-state index is 12.8. The molecule has 0 saturated carbocycles. The predicted molar refractivity (Wildman–Crippen MR) is 98.1 cm³/mol. The molecule has 0 aliphatic carbocycles. The van der Waals surface area contributed by atoms with E-state index in [9.17, 15) is 8.42 Å². The highest BCUT2D eigenvalue weighted by atomic mass is 32.2. The number of sulfonamides is 1. The fraction of sp³-hybridized carbons (Fsp3) is 0.211. The van der Waals surface area contributed by atoms with Crippen molar-refractivity contribution in [3.05, 3.63) is 64.8 Å². The van der Waals surface area contributed by atoms with Gasteiger partial charge in [0, 0.05) is 11.6 Å². The first-order valence-corrected chi connectivity index (χ1v) is 9.39. The summed E-state index contributed by atoms with van der Waals surface area (Å²) in [6, 6.07) is 12.5. The predicted octanol–water partition coefficient (Wildman–Crippen LogP) is 4.38. The van der Waals surface area contributed by atoms with Gasteiger partial charge in [0.1, 0.15) is 0 Å². The molecule has 1 heterocycles. The smallest absolute Gasteiger partial charge is 0.262 e. The quantitative estimate of drug-likeness (QED) is 0.753. The van der Waals surface area contributed by atoms with Gasteiger partial charge in [-0.15, -0.1) is 0 Å². The van der Waals surface area contributed by atoms with Crippen LogP contribution in [0.25, 0.3) is 11.3 Å². The highest BCUT2D eigenvalue weighted by Gasteiger charge is 2.19. The van der Waals surface area contributed by atoms with Crippen molar-refractivity contribution < 1.29 is 12.9 Å². The van der Waals surface area contributed by atoms with Crippen LogP contribution >= 0.6 is 0 Å². The van der Waals surface area contributed by atoms with Gasteiger partial charge in [0.15, 0.2) is 5.76 Å². The molecule has 0 aliphatic rings. The van der Waals surface area contributed by atoms with E-state index in [4.69, 9.17) is 4.52 Å². The molecule has 5 nitrogen and oxygen atoms in total. The van der Waals surface area contributed by atoms with Crippen LogP contribution in [0.2, 0.25) is 0 Å². The third-order valence-corrected chi connectivity index (χ3v) is 5.53. The average molecular weight is 356 g/mol. The van der Waals surface area contributed by atoms with Crippen molar-refractivity contribution in [2.45, 2.75) is 32.6 Å². The Morgan fingerprint density at radius 2 is 1.68 bits per heavy atom. The lowest BCUT2D eigenvalue weighted by molar-refractivity contribution is 0.427. The first-order valence-electron chi connectivity index (χ1n) is 7.91. The van der Waals surface area contributed by atoms with Crippen molar-refractivity contribution in [3.63, 3.8) is 0 Å². The largest absolute Gasteiger partial charge is 0.356 e. The van der Waals surface area contributed by atoms with Gasteiger partial charge >= 0.3 is 0 Å². The van der Waals surface area contributed by atoms with Gasteiger partial charge in [-0.2, -0.15) is 0 Å². The van der Waals surface area contributed by atoms with Crippen LogP contribution in [0.1, 0.15) is 22.4 Å². The fourth-order valence-electron chi connectivity index (χ4n) is 2.73. The molecule has 0 aliphatic heterocycles. The number of nitrogens with one attached hydrogen (secondary N) is 1. The first-order chi connectivity index (χ1) is 11.8. The van der Waals surface area contributed by atoms with Gasteiger partial charge in [0.2, 0.25) is 0 Å². The Kier molecular flexibility index (Phi) is 4.39. The van der Waals surface area contributed by atoms with Crippen LogP contribution in [0, 0.1) is 27.7 Å². The van der Waals surface area contributed by atoms with Crippen molar-refractivity contribution in [3.8, 4) is 11.3 Å². The molecule has 0 fully saturated rings. The summed E-state index contributed by atoms with van der Waals surface area (Å²) >= 11 is 0. The van der Waals surface area contributed by atoms with Crippen LogP contribution in [0.15, 0.2) is 51.9 Å². The Balaban J connectivity index is 1.94. The summed E-state index contributed by atoms with van der Waals surface area (Å²) in [6.45, 7) is 7.46. The monoisotopic (exact) mass is 356 g/mol. The van der Waals surface area contributed by atoms with Crippen LogP contribution in [0.3, 0.4) is 0 Å². The summed E-state index contributed by atoms with van der Waals surface area (Å²) in [7, 11) is -3.67. The van der Waals surface area contributed by atoms with E-state index in [-0.39, 0.29) is 4.90 Å². The van der Waals surface area contributed by atoms with Crippen molar-refractivity contribution in [1.29, 1.82) is 0 Å². The van der Waals surface area contributed by atoms with Gasteiger partial charge in [-0.3, -0.25) is 4.72 Å². The van der Waals surface area contributed by atoms with E-state index < -0.39 is 10.0 Å². The van der Waals surface area contributed by atoms with Crippen molar-refractivity contribution >= 4 is 15.7 Å². The highest BCUT2D eigenvalue weighted by molar-refractivity contribution is 7.92. The third kappa shape index (κ3) is 3.58. The number of aryl methyl sites for hydroxylation is 4. The molecule has 3 aromatic rings. The standard InChI is InChI=1S/C19H20N2O3S/c1-12-5-7-17(13(2)9-12)21-25(22,23)19-8-6-16(10-14(19)3)18-11-15(4)20-24-18/h5-11,21H,1-4H3. The maximum atomic E-state index is 12.8. The van der Waals surface area contributed by atoms with Crippen molar-refractivity contribution in [1.82, 2.24) is 5.16 Å². The lowest BCUT2D eigenvalue weighted by Gasteiger charge is -2.13. The van der Waals surface area contributed by atoms with Crippen molar-refractivity contribution in [2.24, 2.45) is 0 Å². The number of hydrogen-bond donors (Lipinski definition) is 1. The maximum Gasteiger partial charge on any atom is 0.262 e. The zero-order valence-electron chi connectivity index (χ0n) is 14.6. The lowest BCUT2D eigenvalue weighted by atomic mass is 10.1. The second kappa shape index (κ2) is 6.37. The molecule has 0 bridgehead atoms. The van der Waals surface area contributed by atoms with Gasteiger partial charge < -0.3 is 4.52 Å². The molecule has 0 radical (unpaired) electrons. The van der Waals surface area contributed by atoms with Crippen LogP contribution in [0.4, 0.5) is 5.69 Å². The summed E-state index contributed by atoms with van der Waals surface area (Å²) in [6.07, 6.45) is 0. The lowest BCUT2D eigenvalue weighted by Crippen LogP contribution is -2.15. The Labute approximate surface area is 147 Å². The summed E-state index contributed by atoms with van der Waals surface area (Å²) in [4.78, 5) is 0.243. The number of nitrogens with zero attached hydrogens (tertiary/aromatic N) is 1. The first kappa shape index (κ1) is 17.2. The Hall–Kier alpha value is -2.60. The zero-order valence-corrected chi connectivity index (χ0v) is 15.4. The van der Waals surface area contributed by atoms with E-state index in [0.29, 0.717) is 17.0 Å². The molecule has 3 rings (SSSR count). The van der Waals surface area contributed by atoms with E-state index in [1.807, 2.05) is 39.0 Å². The summed E-state index contributed by atoms with van der Waals surface area (Å²) < 4.78 is 33.4. The minimum absolute atomic E-state index is 0.243. The topological polar surface area (TPSA) is 72.2 Å². The van der Waals surface area contributed by atoms with Gasteiger partial charge in [0.05, 0.1) is 16.3 Å². The highest BCUT2D eigenvalue weighted by Crippen LogP contribution is 2.27. The summed E-state index contributed by atoms with van der Waals surface area (Å²) in [5, 5.41) is 3.86. The van der Waals surface area contributed by atoms with Crippen LogP contribution in [-0.2, 0) is 10.0 Å².